The Morgan fingerprint density at radius 1 is 1.19 bits per heavy atom. The van der Waals surface area contributed by atoms with E-state index >= 15 is 4.39 Å². The van der Waals surface area contributed by atoms with Crippen molar-refractivity contribution in [2.75, 3.05) is 4.90 Å². The lowest BCUT2D eigenvalue weighted by Crippen LogP contribution is -2.45. The number of alkyl halides is 2. The van der Waals surface area contributed by atoms with Gasteiger partial charge in [-0.2, -0.15) is 8.78 Å². The summed E-state index contributed by atoms with van der Waals surface area (Å²) in [5.74, 6) is -0.726. The molecule has 1 N–H and O–H groups in total. The third kappa shape index (κ3) is 4.80. The summed E-state index contributed by atoms with van der Waals surface area (Å²) in [4.78, 5) is 18.5. The number of hydrogen-bond acceptors (Lipinski definition) is 8. The second-order valence-electron chi connectivity index (χ2n) is 11.2. The van der Waals surface area contributed by atoms with Gasteiger partial charge in [-0.15, -0.1) is 0 Å². The molecule has 3 atom stereocenters. The van der Waals surface area contributed by atoms with Crippen LogP contribution in [0.5, 0.6) is 5.75 Å². The van der Waals surface area contributed by atoms with E-state index in [1.54, 1.807) is 18.2 Å². The molecule has 2 bridgehead atoms. The monoisotopic (exact) mass is 599 g/mol. The molecular weight excluding hydrogens is 571 g/mol. The predicted octanol–water partition coefficient (Wildman–Crippen LogP) is 7.29. The number of benzene rings is 2. The molecule has 220 valence electrons. The minimum atomic E-state index is -2.96. The number of para-hydroxylation sites is 1. The molecule has 0 radical (unpaired) electrons. The van der Waals surface area contributed by atoms with Crippen molar-refractivity contribution in [1.29, 1.82) is 0 Å². The van der Waals surface area contributed by atoms with Crippen molar-refractivity contribution in [1.82, 2.24) is 10.1 Å². The fourth-order valence-electron chi connectivity index (χ4n) is 6.42. The van der Waals surface area contributed by atoms with Gasteiger partial charge in [-0.05, 0) is 63.6 Å². The molecule has 8 nitrogen and oxygen atoms in total. The fraction of sp³-hybridized carbons (Fsp3) is 0.433. The Morgan fingerprint density at radius 3 is 2.62 bits per heavy atom. The van der Waals surface area contributed by atoms with Crippen molar-refractivity contribution in [3.05, 3.63) is 58.6 Å². The van der Waals surface area contributed by atoms with Gasteiger partial charge in [-0.3, -0.25) is 0 Å². The van der Waals surface area contributed by atoms with Crippen molar-refractivity contribution in [3.63, 3.8) is 0 Å². The second kappa shape index (κ2) is 10.6. The number of aromatic nitrogens is 2. The lowest BCUT2D eigenvalue weighted by atomic mass is 10.00. The van der Waals surface area contributed by atoms with E-state index in [2.05, 4.69) is 15.0 Å². The van der Waals surface area contributed by atoms with Crippen molar-refractivity contribution in [2.45, 2.75) is 82.8 Å². The van der Waals surface area contributed by atoms with Gasteiger partial charge < -0.3 is 24.0 Å². The summed E-state index contributed by atoms with van der Waals surface area (Å²) >= 11 is 1.32. The Labute approximate surface area is 243 Å². The Bertz CT molecular complexity index is 1660. The molecule has 2 saturated heterocycles. The van der Waals surface area contributed by atoms with Crippen molar-refractivity contribution >= 4 is 32.7 Å². The Hall–Kier alpha value is -3.64. The first kappa shape index (κ1) is 27.2. The van der Waals surface area contributed by atoms with E-state index in [1.807, 2.05) is 0 Å². The van der Waals surface area contributed by atoms with Crippen LogP contribution in [0.2, 0.25) is 0 Å². The topological polar surface area (TPSA) is 97.9 Å². The minimum Gasteiger partial charge on any atom is -0.478 e. The summed E-state index contributed by atoms with van der Waals surface area (Å²) < 4.78 is 58.7. The molecule has 0 amide bonds. The molecule has 7 rings (SSSR count). The zero-order valence-corrected chi connectivity index (χ0v) is 23.5. The minimum absolute atomic E-state index is 0.0358. The van der Waals surface area contributed by atoms with Crippen LogP contribution in [-0.4, -0.2) is 46.0 Å². The maximum Gasteiger partial charge on any atom is 0.387 e. The molecule has 2 aliphatic heterocycles. The third-order valence-corrected chi connectivity index (χ3v) is 9.60. The number of hydrogen-bond donors (Lipinski definition) is 1. The van der Waals surface area contributed by atoms with Gasteiger partial charge in [0.15, 0.2) is 10.9 Å². The average Bonchev–Trinajstić information content (AvgIpc) is 3.48. The molecule has 3 fully saturated rings. The molecule has 12 heteroatoms. The predicted molar refractivity (Wildman–Crippen MR) is 149 cm³/mol. The van der Waals surface area contributed by atoms with Crippen LogP contribution in [0.15, 0.2) is 34.9 Å². The summed E-state index contributed by atoms with van der Waals surface area (Å²) in [6.45, 7) is -1.26. The largest absolute Gasteiger partial charge is 0.478 e. The van der Waals surface area contributed by atoms with Crippen molar-refractivity contribution < 1.29 is 37.1 Å². The number of nitrogens with zero attached hydrogens (tertiary/aromatic N) is 3. The first-order valence-electron chi connectivity index (χ1n) is 14.0. The molecule has 2 aromatic heterocycles. The van der Waals surface area contributed by atoms with Crippen molar-refractivity contribution in [2.24, 2.45) is 0 Å². The zero-order valence-electron chi connectivity index (χ0n) is 22.7. The summed E-state index contributed by atoms with van der Waals surface area (Å²) in [5, 5.41) is 14.4. The molecule has 1 aliphatic carbocycles. The lowest BCUT2D eigenvalue weighted by Gasteiger charge is -2.38. The SMILES string of the molecule is Cc1c(C(=O)O)cc2sc(N3[C@@H]4CC[C@H]3CC(OCc3c(-c5ccccc5OC(F)F)noc3C3CC3)C4)nc2c1F. The standard InChI is InChI=1S/C30H28F3N3O5S/c1-14-20(28(37)38)12-23-26(24(14)31)34-30(42-23)36-16-8-9-17(36)11-18(10-16)39-13-21-25(35-41-27(21)15-6-7-15)19-4-2-3-5-22(19)40-29(32)33/h2-5,12,15-18,29H,6-11,13H2,1H3,(H,37,38)/t16-,17+,18?. The van der Waals surface area contributed by atoms with Gasteiger partial charge in [0, 0.05) is 34.7 Å². The fourth-order valence-corrected chi connectivity index (χ4v) is 7.57. The Kier molecular flexibility index (Phi) is 6.85. The number of carboxylic acids is 1. The molecule has 0 spiro atoms. The highest BCUT2D eigenvalue weighted by atomic mass is 32.1. The molecule has 42 heavy (non-hydrogen) atoms. The van der Waals surface area contributed by atoms with E-state index < -0.39 is 18.4 Å². The Balaban J connectivity index is 1.11. The van der Waals surface area contributed by atoms with E-state index in [0.29, 0.717) is 21.1 Å². The molecular formula is C30H28F3N3O5S. The highest BCUT2D eigenvalue weighted by molar-refractivity contribution is 7.22. The summed E-state index contributed by atoms with van der Waals surface area (Å²) in [5.41, 5.74) is 1.91. The van der Waals surface area contributed by atoms with Crippen LogP contribution in [0, 0.1) is 12.7 Å². The zero-order chi connectivity index (χ0) is 29.1. The van der Waals surface area contributed by atoms with Gasteiger partial charge in [0.2, 0.25) is 0 Å². The van der Waals surface area contributed by atoms with Crippen LogP contribution in [-0.2, 0) is 11.3 Å². The first-order chi connectivity index (χ1) is 20.3. The highest BCUT2D eigenvalue weighted by Gasteiger charge is 2.43. The number of carbonyl (C=O) groups is 1. The van der Waals surface area contributed by atoms with Crippen LogP contribution in [0.1, 0.15) is 71.7 Å². The molecule has 4 aromatic rings. The van der Waals surface area contributed by atoms with Gasteiger partial charge in [-0.25, -0.2) is 14.2 Å². The van der Waals surface area contributed by atoms with Gasteiger partial charge in [0.25, 0.3) is 0 Å². The van der Waals surface area contributed by atoms with Crippen LogP contribution < -0.4 is 9.64 Å². The van der Waals surface area contributed by atoms with Crippen LogP contribution in [0.4, 0.5) is 18.3 Å². The summed E-state index contributed by atoms with van der Waals surface area (Å²) in [6, 6.07) is 8.38. The van der Waals surface area contributed by atoms with E-state index in [0.717, 1.165) is 49.8 Å². The van der Waals surface area contributed by atoms with Crippen LogP contribution in [0.25, 0.3) is 21.5 Å². The van der Waals surface area contributed by atoms with Gasteiger partial charge >= 0.3 is 12.6 Å². The van der Waals surface area contributed by atoms with Crippen LogP contribution >= 0.6 is 11.3 Å². The maximum absolute atomic E-state index is 15.0. The molecule has 2 aromatic carbocycles. The smallest absolute Gasteiger partial charge is 0.387 e. The van der Waals surface area contributed by atoms with Gasteiger partial charge in [-0.1, -0.05) is 28.6 Å². The molecule has 4 heterocycles. The number of fused-ring (bicyclic) bond motifs is 3. The summed E-state index contributed by atoms with van der Waals surface area (Å²) in [6.07, 6.45) is 5.31. The first-order valence-corrected chi connectivity index (χ1v) is 14.9. The normalized spacial score (nSPS) is 21.9. The maximum atomic E-state index is 15.0. The average molecular weight is 600 g/mol. The lowest BCUT2D eigenvalue weighted by molar-refractivity contribution is -0.0494. The number of halogens is 3. The number of aromatic carboxylic acids is 1. The van der Waals surface area contributed by atoms with E-state index in [4.69, 9.17) is 14.0 Å². The quantitative estimate of drug-likeness (QED) is 0.214. The van der Waals surface area contributed by atoms with E-state index in [-0.39, 0.29) is 53.1 Å². The third-order valence-electron chi connectivity index (χ3n) is 8.59. The van der Waals surface area contributed by atoms with E-state index in [1.165, 1.54) is 30.4 Å². The summed E-state index contributed by atoms with van der Waals surface area (Å²) in [7, 11) is 0. The molecule has 3 aliphatic rings. The molecule has 1 saturated carbocycles. The number of rotatable bonds is 9. The second-order valence-corrected chi connectivity index (χ2v) is 12.2. The number of thiazole rings is 1. The molecule has 1 unspecified atom stereocenters. The highest BCUT2D eigenvalue weighted by Crippen LogP contribution is 2.47. The Morgan fingerprint density at radius 2 is 1.93 bits per heavy atom. The number of carboxylic acid groups (broad SMARTS) is 1. The van der Waals surface area contributed by atoms with Crippen LogP contribution in [0.3, 0.4) is 0 Å². The number of anilines is 1. The van der Waals surface area contributed by atoms with Crippen molar-refractivity contribution in [3.8, 4) is 17.0 Å². The van der Waals surface area contributed by atoms with Gasteiger partial charge in [0.05, 0.1) is 23.0 Å². The van der Waals surface area contributed by atoms with Gasteiger partial charge in [0.1, 0.15) is 22.7 Å². The number of piperidine rings is 1. The van der Waals surface area contributed by atoms with E-state index in [9.17, 15) is 18.7 Å². The number of ether oxygens (including phenoxy) is 2.